The fourth-order valence-electron chi connectivity index (χ4n) is 3.44. The van der Waals surface area contributed by atoms with Crippen molar-refractivity contribution in [3.05, 3.63) is 92.3 Å². The number of nitrogens with zero attached hydrogens (tertiary/aromatic N) is 3. The van der Waals surface area contributed by atoms with Crippen LogP contribution in [0.15, 0.2) is 48.5 Å². The molecule has 1 heterocycles. The minimum atomic E-state index is -0.408. The average Bonchev–Trinajstić information content (AvgIpc) is 3.04. The van der Waals surface area contributed by atoms with Crippen molar-refractivity contribution in [2.75, 3.05) is 0 Å². The Morgan fingerprint density at radius 3 is 2.38 bits per heavy atom. The second-order valence-corrected chi connectivity index (χ2v) is 7.94. The molecule has 32 heavy (non-hydrogen) atoms. The Morgan fingerprint density at radius 1 is 1.12 bits per heavy atom. The van der Waals surface area contributed by atoms with E-state index in [1.165, 1.54) is 0 Å². The number of nitrogens with one attached hydrogen (secondary N) is 1. The molecular weight excluding hydrogens is 408 g/mol. The molecule has 8 nitrogen and oxygen atoms in total. The molecule has 0 saturated carbocycles. The van der Waals surface area contributed by atoms with Gasteiger partial charge in [-0.3, -0.25) is 19.6 Å². The summed E-state index contributed by atoms with van der Waals surface area (Å²) >= 11 is 0. The van der Waals surface area contributed by atoms with Gasteiger partial charge < -0.3 is 10.1 Å². The molecule has 1 amide bonds. The molecule has 3 aromatic rings. The van der Waals surface area contributed by atoms with Crippen LogP contribution < -0.4 is 5.32 Å². The molecule has 0 spiro atoms. The highest BCUT2D eigenvalue weighted by atomic mass is 16.6. The Kier molecular flexibility index (Phi) is 7.37. The number of hydrogen-bond acceptors (Lipinski definition) is 5. The van der Waals surface area contributed by atoms with Crippen molar-refractivity contribution < 1.29 is 14.5 Å². The summed E-state index contributed by atoms with van der Waals surface area (Å²) in [6.45, 7) is 8.60. The first kappa shape index (κ1) is 23.1. The first-order valence-electron chi connectivity index (χ1n) is 10.5. The monoisotopic (exact) mass is 436 g/mol. The van der Waals surface area contributed by atoms with Crippen molar-refractivity contribution in [3.8, 4) is 0 Å². The number of amides is 1. The van der Waals surface area contributed by atoms with Crippen LogP contribution in [0.25, 0.3) is 0 Å². The van der Waals surface area contributed by atoms with E-state index in [1.54, 1.807) is 30.7 Å². The molecule has 0 saturated heterocycles. The summed E-state index contributed by atoms with van der Waals surface area (Å²) in [4.78, 5) is 23.4. The second kappa shape index (κ2) is 10.2. The van der Waals surface area contributed by atoms with Crippen molar-refractivity contribution in [3.63, 3.8) is 0 Å². The third kappa shape index (κ3) is 5.59. The van der Waals surface area contributed by atoms with Gasteiger partial charge in [-0.15, -0.1) is 0 Å². The van der Waals surface area contributed by atoms with E-state index in [0.29, 0.717) is 36.6 Å². The van der Waals surface area contributed by atoms with Gasteiger partial charge in [0.1, 0.15) is 11.4 Å². The largest absolute Gasteiger partial charge is 0.374 e. The minimum absolute atomic E-state index is 0.0417. The third-order valence-corrected chi connectivity index (χ3v) is 5.20. The second-order valence-electron chi connectivity index (χ2n) is 7.94. The smallest absolute Gasteiger partial charge is 0.312 e. The maximum Gasteiger partial charge on any atom is 0.312 e. The summed E-state index contributed by atoms with van der Waals surface area (Å²) < 4.78 is 7.31. The lowest BCUT2D eigenvalue weighted by atomic mass is 10.1. The number of rotatable bonds is 9. The van der Waals surface area contributed by atoms with Crippen molar-refractivity contribution in [2.24, 2.45) is 0 Å². The third-order valence-electron chi connectivity index (χ3n) is 5.20. The molecule has 0 unspecified atom stereocenters. The first-order chi connectivity index (χ1) is 15.3. The van der Waals surface area contributed by atoms with Crippen molar-refractivity contribution in [1.29, 1.82) is 0 Å². The molecule has 3 rings (SSSR count). The van der Waals surface area contributed by atoms with E-state index in [-0.39, 0.29) is 17.7 Å². The Balaban J connectivity index is 1.63. The van der Waals surface area contributed by atoms with Crippen LogP contribution in [0.1, 0.15) is 52.3 Å². The van der Waals surface area contributed by atoms with Crippen LogP contribution in [0.2, 0.25) is 0 Å². The number of benzene rings is 2. The van der Waals surface area contributed by atoms with Crippen LogP contribution in [0.5, 0.6) is 0 Å². The highest BCUT2D eigenvalue weighted by Crippen LogP contribution is 2.22. The fourth-order valence-corrected chi connectivity index (χ4v) is 3.44. The maximum absolute atomic E-state index is 12.6. The van der Waals surface area contributed by atoms with Gasteiger partial charge in [0, 0.05) is 12.1 Å². The van der Waals surface area contributed by atoms with Crippen molar-refractivity contribution >= 4 is 11.6 Å². The van der Waals surface area contributed by atoms with Crippen LogP contribution in [0, 0.1) is 24.0 Å². The molecule has 1 N–H and O–H groups in total. The van der Waals surface area contributed by atoms with Gasteiger partial charge in [-0.1, -0.05) is 36.4 Å². The Hall–Kier alpha value is -3.52. The molecular formula is C24H28N4O4. The molecule has 2 aromatic carbocycles. The van der Waals surface area contributed by atoms with Gasteiger partial charge in [-0.2, -0.15) is 5.10 Å². The van der Waals surface area contributed by atoms with Gasteiger partial charge in [-0.25, -0.2) is 0 Å². The minimum Gasteiger partial charge on any atom is -0.374 e. The van der Waals surface area contributed by atoms with Crippen molar-refractivity contribution in [1.82, 2.24) is 15.1 Å². The topological polar surface area (TPSA) is 99.3 Å². The number of aryl methyl sites for hydroxylation is 1. The number of nitro groups is 1. The summed E-state index contributed by atoms with van der Waals surface area (Å²) in [6.07, 6.45) is 0.136. The zero-order valence-corrected chi connectivity index (χ0v) is 18.8. The van der Waals surface area contributed by atoms with Crippen LogP contribution in [-0.4, -0.2) is 26.7 Å². The Bertz CT molecular complexity index is 1100. The van der Waals surface area contributed by atoms with Crippen LogP contribution in [-0.2, 0) is 24.4 Å². The first-order valence-corrected chi connectivity index (χ1v) is 10.5. The molecule has 0 atom stereocenters. The summed E-state index contributed by atoms with van der Waals surface area (Å²) in [5.41, 5.74) is 4.46. The SMILES string of the molecule is Cc1nn(Cc2ccc(C(=O)NCc3ccccc3COC(C)C)cc2)c(C)c1[N+](=O)[O-]. The van der Waals surface area contributed by atoms with Gasteiger partial charge in [0.2, 0.25) is 0 Å². The van der Waals surface area contributed by atoms with E-state index in [1.807, 2.05) is 50.2 Å². The summed E-state index contributed by atoms with van der Waals surface area (Å²) in [6, 6.07) is 15.1. The average molecular weight is 437 g/mol. The van der Waals surface area contributed by atoms with Gasteiger partial charge in [-0.05, 0) is 56.5 Å². The van der Waals surface area contributed by atoms with Crippen LogP contribution in [0.3, 0.4) is 0 Å². The maximum atomic E-state index is 12.6. The van der Waals surface area contributed by atoms with Gasteiger partial charge in [0.15, 0.2) is 0 Å². The van der Waals surface area contributed by atoms with Gasteiger partial charge in [0.25, 0.3) is 5.91 Å². The lowest BCUT2D eigenvalue weighted by Crippen LogP contribution is -2.23. The summed E-state index contributed by atoms with van der Waals surface area (Å²) in [7, 11) is 0. The Morgan fingerprint density at radius 2 is 1.78 bits per heavy atom. The van der Waals surface area contributed by atoms with Gasteiger partial charge in [0.05, 0.1) is 24.2 Å². The van der Waals surface area contributed by atoms with E-state index in [0.717, 1.165) is 16.7 Å². The number of ether oxygens (including phenoxy) is 1. The highest BCUT2D eigenvalue weighted by molar-refractivity contribution is 5.94. The summed E-state index contributed by atoms with van der Waals surface area (Å²) in [5, 5.41) is 18.4. The molecule has 8 heteroatoms. The highest BCUT2D eigenvalue weighted by Gasteiger charge is 2.21. The molecule has 0 aliphatic heterocycles. The predicted octanol–water partition coefficient (Wildman–Crippen LogP) is 4.31. The standard InChI is InChI=1S/C24H28N4O4/c1-16(2)32-15-22-8-6-5-7-21(22)13-25-24(29)20-11-9-19(10-12-20)14-27-18(4)23(28(30)31)17(3)26-27/h5-12,16H,13-15H2,1-4H3,(H,25,29). The Labute approximate surface area is 187 Å². The number of carbonyl (C=O) groups is 1. The normalized spacial score (nSPS) is 11.0. The molecule has 0 bridgehead atoms. The molecule has 0 fully saturated rings. The number of hydrogen-bond donors (Lipinski definition) is 1. The van der Waals surface area contributed by atoms with E-state index >= 15 is 0 Å². The lowest BCUT2D eigenvalue weighted by Gasteiger charge is -2.13. The zero-order chi connectivity index (χ0) is 23.3. The lowest BCUT2D eigenvalue weighted by molar-refractivity contribution is -0.386. The summed E-state index contributed by atoms with van der Waals surface area (Å²) in [5.74, 6) is -0.169. The van der Waals surface area contributed by atoms with E-state index in [2.05, 4.69) is 10.4 Å². The van der Waals surface area contributed by atoms with Gasteiger partial charge >= 0.3 is 5.69 Å². The molecule has 0 aliphatic rings. The number of aromatic nitrogens is 2. The van der Waals surface area contributed by atoms with E-state index in [4.69, 9.17) is 4.74 Å². The zero-order valence-electron chi connectivity index (χ0n) is 18.8. The predicted molar refractivity (Wildman–Crippen MR) is 121 cm³/mol. The quantitative estimate of drug-likeness (QED) is 0.398. The van der Waals surface area contributed by atoms with E-state index < -0.39 is 4.92 Å². The van der Waals surface area contributed by atoms with Crippen LogP contribution in [0.4, 0.5) is 5.69 Å². The fraction of sp³-hybridized carbons (Fsp3) is 0.333. The van der Waals surface area contributed by atoms with Crippen molar-refractivity contribution in [2.45, 2.75) is 53.5 Å². The molecule has 0 radical (unpaired) electrons. The number of carbonyl (C=O) groups excluding carboxylic acids is 1. The molecule has 168 valence electrons. The van der Waals surface area contributed by atoms with E-state index in [9.17, 15) is 14.9 Å². The van der Waals surface area contributed by atoms with Crippen LogP contribution >= 0.6 is 0 Å². The molecule has 1 aromatic heterocycles. The molecule has 0 aliphatic carbocycles.